The van der Waals surface area contributed by atoms with E-state index in [1.807, 2.05) is 24.4 Å². The van der Waals surface area contributed by atoms with Crippen LogP contribution in [0.1, 0.15) is 6.92 Å². The molecular weight excluding hydrogens is 222 g/mol. The molecule has 0 amide bonds. The van der Waals surface area contributed by atoms with E-state index >= 15 is 0 Å². The summed E-state index contributed by atoms with van der Waals surface area (Å²) in [5, 5.41) is 9.82. The van der Waals surface area contributed by atoms with E-state index in [1.165, 1.54) is 11.8 Å². The fourth-order valence-corrected chi connectivity index (χ4v) is 2.54. The Bertz CT molecular complexity index is 519. The van der Waals surface area contributed by atoms with Crippen LogP contribution in [0.3, 0.4) is 0 Å². The number of aryl methyl sites for hydroxylation is 1. The molecule has 0 fully saturated rings. The first kappa shape index (κ1) is 11.1. The van der Waals surface area contributed by atoms with Gasteiger partial charge in [0.2, 0.25) is 0 Å². The first-order chi connectivity index (χ1) is 7.72. The number of rotatable bonds is 4. The molecule has 4 heteroatoms. The van der Waals surface area contributed by atoms with Crippen molar-refractivity contribution in [2.75, 3.05) is 5.75 Å². The normalized spacial score (nSPS) is 10.8. The summed E-state index contributed by atoms with van der Waals surface area (Å²) in [4.78, 5) is 11.6. The van der Waals surface area contributed by atoms with Gasteiger partial charge in [0.1, 0.15) is 0 Å². The largest absolute Gasteiger partial charge is 0.481 e. The van der Waals surface area contributed by atoms with E-state index in [0.29, 0.717) is 0 Å². The average molecular weight is 235 g/mol. The fourth-order valence-electron chi connectivity index (χ4n) is 1.73. The van der Waals surface area contributed by atoms with Crippen LogP contribution < -0.4 is 0 Å². The van der Waals surface area contributed by atoms with Gasteiger partial charge in [0.15, 0.2) is 0 Å². The zero-order valence-corrected chi connectivity index (χ0v) is 9.83. The molecule has 1 aromatic carbocycles. The van der Waals surface area contributed by atoms with E-state index in [1.54, 1.807) is 0 Å². The van der Waals surface area contributed by atoms with Crippen LogP contribution in [0.5, 0.6) is 0 Å². The molecule has 1 heterocycles. The lowest BCUT2D eigenvalue weighted by atomic mass is 10.2. The summed E-state index contributed by atoms with van der Waals surface area (Å²) in [6, 6.07) is 8.07. The molecule has 0 unspecified atom stereocenters. The molecule has 0 saturated heterocycles. The van der Waals surface area contributed by atoms with E-state index in [-0.39, 0.29) is 5.75 Å². The number of aromatic nitrogens is 1. The van der Waals surface area contributed by atoms with Gasteiger partial charge in [-0.25, -0.2) is 0 Å². The van der Waals surface area contributed by atoms with Gasteiger partial charge < -0.3 is 9.67 Å². The number of thioether (sulfide) groups is 1. The van der Waals surface area contributed by atoms with Crippen LogP contribution in [0.2, 0.25) is 0 Å². The van der Waals surface area contributed by atoms with E-state index < -0.39 is 5.97 Å². The minimum atomic E-state index is -0.779. The Labute approximate surface area is 98.1 Å². The third-order valence-electron chi connectivity index (χ3n) is 2.44. The summed E-state index contributed by atoms with van der Waals surface area (Å²) >= 11 is 1.37. The average Bonchev–Trinajstić information content (AvgIpc) is 2.65. The number of aliphatic carboxylic acids is 1. The highest BCUT2D eigenvalue weighted by molar-refractivity contribution is 8.00. The van der Waals surface area contributed by atoms with Gasteiger partial charge in [-0.05, 0) is 13.0 Å². The molecule has 16 heavy (non-hydrogen) atoms. The number of benzene rings is 1. The Kier molecular flexibility index (Phi) is 3.19. The molecular formula is C12H13NO2S. The summed E-state index contributed by atoms with van der Waals surface area (Å²) in [6.07, 6.45) is 2.03. The number of carboxylic acids is 1. The zero-order chi connectivity index (χ0) is 11.5. The molecule has 1 aromatic heterocycles. The van der Waals surface area contributed by atoms with E-state index in [0.717, 1.165) is 22.3 Å². The van der Waals surface area contributed by atoms with Gasteiger partial charge >= 0.3 is 5.97 Å². The second-order valence-corrected chi connectivity index (χ2v) is 4.50. The lowest BCUT2D eigenvalue weighted by Crippen LogP contribution is -1.97. The summed E-state index contributed by atoms with van der Waals surface area (Å²) in [6.45, 7) is 2.98. The molecule has 3 nitrogen and oxygen atoms in total. The molecule has 0 bridgehead atoms. The maximum Gasteiger partial charge on any atom is 0.313 e. The highest BCUT2D eigenvalue weighted by Gasteiger charge is 2.08. The van der Waals surface area contributed by atoms with Crippen molar-refractivity contribution >= 4 is 28.6 Å². The number of fused-ring (bicyclic) bond motifs is 1. The Morgan fingerprint density at radius 3 is 2.88 bits per heavy atom. The topological polar surface area (TPSA) is 42.2 Å². The summed E-state index contributed by atoms with van der Waals surface area (Å²) in [5.41, 5.74) is 1.16. The van der Waals surface area contributed by atoms with E-state index in [4.69, 9.17) is 5.11 Å². The zero-order valence-electron chi connectivity index (χ0n) is 9.01. The number of nitrogens with zero attached hydrogens (tertiary/aromatic N) is 1. The molecule has 1 N–H and O–H groups in total. The maximum atomic E-state index is 10.6. The predicted octanol–water partition coefficient (Wildman–Crippen LogP) is 2.84. The van der Waals surface area contributed by atoms with Crippen molar-refractivity contribution in [3.8, 4) is 0 Å². The van der Waals surface area contributed by atoms with Gasteiger partial charge in [-0.3, -0.25) is 4.79 Å². The second-order valence-electron chi connectivity index (χ2n) is 3.48. The predicted molar refractivity (Wildman–Crippen MR) is 66.0 cm³/mol. The number of carboxylic acid groups (broad SMARTS) is 1. The van der Waals surface area contributed by atoms with Crippen LogP contribution in [-0.4, -0.2) is 21.4 Å². The van der Waals surface area contributed by atoms with E-state index in [9.17, 15) is 4.79 Å². The molecule has 2 rings (SSSR count). The van der Waals surface area contributed by atoms with Crippen molar-refractivity contribution in [3.05, 3.63) is 30.5 Å². The quantitative estimate of drug-likeness (QED) is 0.828. The third kappa shape index (κ3) is 2.07. The van der Waals surface area contributed by atoms with Gasteiger partial charge in [-0.15, -0.1) is 11.8 Å². The molecule has 0 radical (unpaired) electrons. The van der Waals surface area contributed by atoms with Gasteiger partial charge in [0, 0.05) is 28.5 Å². The summed E-state index contributed by atoms with van der Waals surface area (Å²) < 4.78 is 2.14. The molecule has 84 valence electrons. The smallest absolute Gasteiger partial charge is 0.313 e. The van der Waals surface area contributed by atoms with Crippen LogP contribution in [0.25, 0.3) is 10.9 Å². The molecule has 0 aliphatic carbocycles. The van der Waals surface area contributed by atoms with Gasteiger partial charge in [-0.1, -0.05) is 18.2 Å². The van der Waals surface area contributed by atoms with Crippen LogP contribution in [0.4, 0.5) is 0 Å². The molecule has 0 spiro atoms. The lowest BCUT2D eigenvalue weighted by molar-refractivity contribution is -0.133. The fraction of sp³-hybridized carbons (Fsp3) is 0.250. The van der Waals surface area contributed by atoms with Crippen LogP contribution >= 0.6 is 11.8 Å². The monoisotopic (exact) mass is 235 g/mol. The van der Waals surface area contributed by atoms with Crippen molar-refractivity contribution < 1.29 is 9.90 Å². The Balaban J connectivity index is 2.41. The molecule has 0 saturated carbocycles. The van der Waals surface area contributed by atoms with Crippen molar-refractivity contribution in [1.82, 2.24) is 4.57 Å². The highest BCUT2D eigenvalue weighted by atomic mass is 32.2. The van der Waals surface area contributed by atoms with Crippen molar-refractivity contribution in [3.63, 3.8) is 0 Å². The number of para-hydroxylation sites is 1. The minimum Gasteiger partial charge on any atom is -0.481 e. The molecule has 2 aromatic rings. The Hall–Kier alpha value is -1.42. The standard InChI is InChI=1S/C12H13NO2S/c1-2-13-7-11(16-8-12(14)15)9-5-3-4-6-10(9)13/h3-7H,2,8H2,1H3,(H,14,15). The van der Waals surface area contributed by atoms with Gasteiger partial charge in [0.25, 0.3) is 0 Å². The van der Waals surface area contributed by atoms with Crippen molar-refractivity contribution in [1.29, 1.82) is 0 Å². The number of carbonyl (C=O) groups is 1. The van der Waals surface area contributed by atoms with Crippen molar-refractivity contribution in [2.45, 2.75) is 18.4 Å². The molecule has 0 aliphatic rings. The highest BCUT2D eigenvalue weighted by Crippen LogP contribution is 2.29. The Morgan fingerprint density at radius 1 is 1.44 bits per heavy atom. The molecule has 0 atom stereocenters. The number of hydrogen-bond acceptors (Lipinski definition) is 2. The number of hydrogen-bond donors (Lipinski definition) is 1. The summed E-state index contributed by atoms with van der Waals surface area (Å²) in [5.74, 6) is -0.670. The SMILES string of the molecule is CCn1cc(SCC(=O)O)c2ccccc21. The van der Waals surface area contributed by atoms with Crippen LogP contribution in [-0.2, 0) is 11.3 Å². The Morgan fingerprint density at radius 2 is 2.19 bits per heavy atom. The van der Waals surface area contributed by atoms with Gasteiger partial charge in [0.05, 0.1) is 5.75 Å². The van der Waals surface area contributed by atoms with Crippen LogP contribution in [0, 0.1) is 0 Å². The lowest BCUT2D eigenvalue weighted by Gasteiger charge is -1.97. The van der Waals surface area contributed by atoms with Crippen LogP contribution in [0.15, 0.2) is 35.4 Å². The molecule has 0 aliphatic heterocycles. The first-order valence-corrected chi connectivity index (χ1v) is 6.13. The summed E-state index contributed by atoms with van der Waals surface area (Å²) in [7, 11) is 0. The van der Waals surface area contributed by atoms with Gasteiger partial charge in [-0.2, -0.15) is 0 Å². The van der Waals surface area contributed by atoms with E-state index in [2.05, 4.69) is 17.6 Å². The third-order valence-corrected chi connectivity index (χ3v) is 3.47. The second kappa shape index (κ2) is 4.61. The minimum absolute atomic E-state index is 0.109. The first-order valence-electron chi connectivity index (χ1n) is 5.15. The van der Waals surface area contributed by atoms with Crippen molar-refractivity contribution in [2.24, 2.45) is 0 Å². The maximum absolute atomic E-state index is 10.6.